The van der Waals surface area contributed by atoms with Gasteiger partial charge in [-0.25, -0.2) is 4.79 Å². The molecule has 0 aromatic heterocycles. The van der Waals surface area contributed by atoms with Gasteiger partial charge in [0.1, 0.15) is 0 Å². The molecule has 0 saturated carbocycles. The van der Waals surface area contributed by atoms with E-state index in [1.54, 1.807) is 37.3 Å². The molecule has 25 heavy (non-hydrogen) atoms. The second kappa shape index (κ2) is 8.08. The van der Waals surface area contributed by atoms with Gasteiger partial charge in [-0.1, -0.05) is 36.4 Å². The van der Waals surface area contributed by atoms with E-state index in [0.717, 1.165) is 25.2 Å². The largest absolute Gasteiger partial charge is 0.462 e. The van der Waals surface area contributed by atoms with Gasteiger partial charge >= 0.3 is 5.97 Å². The second-order valence-electron chi connectivity index (χ2n) is 6.28. The Bertz CT molecular complexity index is 763. The Morgan fingerprint density at radius 1 is 1.00 bits per heavy atom. The summed E-state index contributed by atoms with van der Waals surface area (Å²) in [6.45, 7) is 5.13. The van der Waals surface area contributed by atoms with Gasteiger partial charge in [-0.15, -0.1) is 0 Å². The van der Waals surface area contributed by atoms with E-state index in [2.05, 4.69) is 4.90 Å². The maximum atomic E-state index is 12.9. The highest BCUT2D eigenvalue weighted by molar-refractivity contribution is 6.14. The Morgan fingerprint density at radius 2 is 1.72 bits per heavy atom. The fourth-order valence-corrected chi connectivity index (χ4v) is 3.23. The number of hydrogen-bond donors (Lipinski definition) is 0. The Kier molecular flexibility index (Phi) is 5.61. The summed E-state index contributed by atoms with van der Waals surface area (Å²) in [6, 6.07) is 14.5. The quantitative estimate of drug-likeness (QED) is 0.596. The van der Waals surface area contributed by atoms with Gasteiger partial charge in [0.15, 0.2) is 5.78 Å². The molecule has 0 N–H and O–H groups in total. The standard InChI is InChI=1S/C21H23NO3/c1-2-25-21(24)19-11-4-3-10-18(19)20(23)17-9-7-8-16(14-17)15-22-12-5-6-13-22/h3-4,7-11,14H,2,5-6,12-13,15H2,1H3. The number of rotatable bonds is 6. The van der Waals surface area contributed by atoms with Crippen molar-refractivity contribution in [1.82, 2.24) is 4.90 Å². The summed E-state index contributed by atoms with van der Waals surface area (Å²) in [7, 11) is 0. The van der Waals surface area contributed by atoms with Crippen LogP contribution in [0.15, 0.2) is 48.5 Å². The Hall–Kier alpha value is -2.46. The van der Waals surface area contributed by atoms with E-state index in [4.69, 9.17) is 4.74 Å². The van der Waals surface area contributed by atoms with Gasteiger partial charge < -0.3 is 4.74 Å². The maximum Gasteiger partial charge on any atom is 0.338 e. The molecular formula is C21H23NO3. The Morgan fingerprint density at radius 3 is 2.44 bits per heavy atom. The number of ketones is 1. The van der Waals surface area contributed by atoms with Gasteiger partial charge in [0.05, 0.1) is 12.2 Å². The summed E-state index contributed by atoms with van der Waals surface area (Å²) < 4.78 is 5.07. The van der Waals surface area contributed by atoms with Gasteiger partial charge in [-0.2, -0.15) is 0 Å². The zero-order chi connectivity index (χ0) is 17.6. The molecule has 0 atom stereocenters. The van der Waals surface area contributed by atoms with Crippen LogP contribution in [-0.4, -0.2) is 36.3 Å². The number of likely N-dealkylation sites (tertiary alicyclic amines) is 1. The van der Waals surface area contributed by atoms with Gasteiger partial charge in [-0.3, -0.25) is 9.69 Å². The van der Waals surface area contributed by atoms with Crippen LogP contribution in [0.5, 0.6) is 0 Å². The van der Waals surface area contributed by atoms with E-state index in [1.807, 2.05) is 18.2 Å². The fraction of sp³-hybridized carbons (Fsp3) is 0.333. The Labute approximate surface area is 148 Å². The highest BCUT2D eigenvalue weighted by Gasteiger charge is 2.19. The molecular weight excluding hydrogens is 314 g/mol. The lowest BCUT2D eigenvalue weighted by molar-refractivity contribution is 0.0523. The molecule has 1 heterocycles. The SMILES string of the molecule is CCOC(=O)c1ccccc1C(=O)c1cccc(CN2CCCC2)c1. The first-order chi connectivity index (χ1) is 12.2. The van der Waals surface area contributed by atoms with Crippen molar-refractivity contribution in [2.75, 3.05) is 19.7 Å². The van der Waals surface area contributed by atoms with Crippen LogP contribution in [0.1, 0.15) is 51.6 Å². The molecule has 2 aromatic carbocycles. The molecule has 0 radical (unpaired) electrons. The maximum absolute atomic E-state index is 12.9. The van der Waals surface area contributed by atoms with Crippen LogP contribution < -0.4 is 0 Å². The lowest BCUT2D eigenvalue weighted by atomic mass is 9.97. The van der Waals surface area contributed by atoms with Crippen LogP contribution >= 0.6 is 0 Å². The van der Waals surface area contributed by atoms with Gasteiger partial charge in [0, 0.05) is 17.7 Å². The molecule has 0 spiro atoms. The molecule has 1 aliphatic heterocycles. The number of nitrogens with zero attached hydrogens (tertiary/aromatic N) is 1. The molecule has 0 aliphatic carbocycles. The number of ether oxygens (including phenoxy) is 1. The van der Waals surface area contributed by atoms with Crippen LogP contribution in [0.3, 0.4) is 0 Å². The lowest BCUT2D eigenvalue weighted by Crippen LogP contribution is -2.18. The first-order valence-corrected chi connectivity index (χ1v) is 8.81. The molecule has 0 unspecified atom stereocenters. The minimum Gasteiger partial charge on any atom is -0.462 e. The highest BCUT2D eigenvalue weighted by atomic mass is 16.5. The van der Waals surface area contributed by atoms with Crippen LogP contribution in [0.4, 0.5) is 0 Å². The summed E-state index contributed by atoms with van der Waals surface area (Å²) in [4.78, 5) is 27.5. The van der Waals surface area contributed by atoms with E-state index < -0.39 is 5.97 Å². The number of benzene rings is 2. The molecule has 1 aliphatic rings. The van der Waals surface area contributed by atoms with Crippen molar-refractivity contribution in [3.63, 3.8) is 0 Å². The highest BCUT2D eigenvalue weighted by Crippen LogP contribution is 2.19. The molecule has 1 saturated heterocycles. The van der Waals surface area contributed by atoms with E-state index in [0.29, 0.717) is 16.7 Å². The number of hydrogen-bond acceptors (Lipinski definition) is 4. The summed E-state index contributed by atoms with van der Waals surface area (Å²) in [6.07, 6.45) is 2.48. The zero-order valence-corrected chi connectivity index (χ0v) is 14.5. The predicted octanol–water partition coefficient (Wildman–Crippen LogP) is 3.69. The molecule has 3 rings (SSSR count). The van der Waals surface area contributed by atoms with E-state index in [9.17, 15) is 9.59 Å². The fourth-order valence-electron chi connectivity index (χ4n) is 3.23. The van der Waals surface area contributed by atoms with Crippen molar-refractivity contribution in [3.05, 3.63) is 70.8 Å². The van der Waals surface area contributed by atoms with Crippen LogP contribution in [0.2, 0.25) is 0 Å². The van der Waals surface area contributed by atoms with E-state index >= 15 is 0 Å². The third-order valence-electron chi connectivity index (χ3n) is 4.46. The van der Waals surface area contributed by atoms with E-state index in [-0.39, 0.29) is 12.4 Å². The molecule has 0 amide bonds. The van der Waals surface area contributed by atoms with Crippen LogP contribution in [0.25, 0.3) is 0 Å². The molecule has 0 bridgehead atoms. The average molecular weight is 337 g/mol. The topological polar surface area (TPSA) is 46.6 Å². The predicted molar refractivity (Wildman–Crippen MR) is 96.8 cm³/mol. The van der Waals surface area contributed by atoms with Crippen molar-refractivity contribution in [2.24, 2.45) is 0 Å². The minimum absolute atomic E-state index is 0.146. The molecule has 2 aromatic rings. The average Bonchev–Trinajstić information content (AvgIpc) is 3.14. The third kappa shape index (κ3) is 4.15. The third-order valence-corrected chi connectivity index (χ3v) is 4.46. The zero-order valence-electron chi connectivity index (χ0n) is 14.5. The van der Waals surface area contributed by atoms with Gasteiger partial charge in [0.2, 0.25) is 0 Å². The monoisotopic (exact) mass is 337 g/mol. The first kappa shape index (κ1) is 17.4. The van der Waals surface area contributed by atoms with Crippen molar-refractivity contribution < 1.29 is 14.3 Å². The Balaban J connectivity index is 1.85. The number of carbonyl (C=O) groups is 2. The van der Waals surface area contributed by atoms with E-state index in [1.165, 1.54) is 12.8 Å². The smallest absolute Gasteiger partial charge is 0.338 e. The molecule has 1 fully saturated rings. The van der Waals surface area contributed by atoms with Crippen molar-refractivity contribution >= 4 is 11.8 Å². The molecule has 130 valence electrons. The van der Waals surface area contributed by atoms with Crippen LogP contribution in [0, 0.1) is 0 Å². The first-order valence-electron chi connectivity index (χ1n) is 8.81. The summed E-state index contributed by atoms with van der Waals surface area (Å²) in [5.74, 6) is -0.605. The van der Waals surface area contributed by atoms with Gasteiger partial charge in [-0.05, 0) is 50.6 Å². The van der Waals surface area contributed by atoms with Crippen LogP contribution in [-0.2, 0) is 11.3 Å². The number of esters is 1. The summed E-state index contributed by atoms with van der Waals surface area (Å²) in [5.41, 5.74) is 2.44. The van der Waals surface area contributed by atoms with Crippen molar-refractivity contribution in [1.29, 1.82) is 0 Å². The summed E-state index contributed by atoms with van der Waals surface area (Å²) in [5, 5.41) is 0. The molecule has 4 heteroatoms. The van der Waals surface area contributed by atoms with Crippen molar-refractivity contribution in [3.8, 4) is 0 Å². The number of carbonyl (C=O) groups excluding carboxylic acids is 2. The minimum atomic E-state index is -0.459. The second-order valence-corrected chi connectivity index (χ2v) is 6.28. The molecule has 4 nitrogen and oxygen atoms in total. The van der Waals surface area contributed by atoms with Gasteiger partial charge in [0.25, 0.3) is 0 Å². The normalized spacial score (nSPS) is 14.4. The lowest BCUT2D eigenvalue weighted by Gasteiger charge is -2.15. The summed E-state index contributed by atoms with van der Waals surface area (Å²) >= 11 is 0. The van der Waals surface area contributed by atoms with Crippen molar-refractivity contribution in [2.45, 2.75) is 26.3 Å².